The van der Waals surface area contributed by atoms with Crippen LogP contribution in [0.25, 0.3) is 0 Å². The molecule has 17 heavy (non-hydrogen) atoms. The van der Waals surface area contributed by atoms with E-state index in [0.717, 1.165) is 5.57 Å². The molecule has 0 aliphatic rings. The van der Waals surface area contributed by atoms with Crippen molar-refractivity contribution in [2.45, 2.75) is 6.92 Å². The van der Waals surface area contributed by atoms with Crippen molar-refractivity contribution in [3.05, 3.63) is 36.2 Å². The van der Waals surface area contributed by atoms with E-state index in [1.807, 2.05) is 0 Å². The highest BCUT2D eigenvalue weighted by Crippen LogP contribution is 2.11. The Morgan fingerprint density at radius 2 is 2.24 bits per heavy atom. The number of aromatic carboxylic acids is 1. The van der Waals surface area contributed by atoms with Crippen LogP contribution in [-0.2, 0) is 0 Å². The molecule has 0 aliphatic carbocycles. The number of carbonyl (C=O) groups is 2. The van der Waals surface area contributed by atoms with Gasteiger partial charge in [0.15, 0.2) is 5.69 Å². The Bertz CT molecular complexity index is 457. The zero-order valence-corrected chi connectivity index (χ0v) is 9.36. The van der Waals surface area contributed by atoms with E-state index < -0.39 is 12.0 Å². The molecule has 1 rings (SSSR count). The van der Waals surface area contributed by atoms with Gasteiger partial charge in [-0.2, -0.15) is 0 Å². The Balaban J connectivity index is 2.71. The number of nitrogens with zero attached hydrogens (tertiary/aromatic N) is 1. The number of rotatable bonds is 4. The average molecular weight is 235 g/mol. The molecule has 2 amide bonds. The molecule has 1 aromatic heterocycles. The summed E-state index contributed by atoms with van der Waals surface area (Å²) in [7, 11) is 0. The highest BCUT2D eigenvalue weighted by atomic mass is 16.4. The maximum absolute atomic E-state index is 11.4. The summed E-state index contributed by atoms with van der Waals surface area (Å²) in [6, 6.07) is 2.51. The Hall–Kier alpha value is -2.37. The molecule has 0 aliphatic heterocycles. The Morgan fingerprint density at radius 3 is 2.82 bits per heavy atom. The van der Waals surface area contributed by atoms with Gasteiger partial charge in [-0.05, 0) is 19.1 Å². The van der Waals surface area contributed by atoms with Gasteiger partial charge in [-0.1, -0.05) is 12.2 Å². The third kappa shape index (κ3) is 3.94. The molecule has 0 bridgehead atoms. The van der Waals surface area contributed by atoms with Crippen LogP contribution < -0.4 is 10.6 Å². The van der Waals surface area contributed by atoms with Gasteiger partial charge in [-0.15, -0.1) is 0 Å². The number of amides is 2. The lowest BCUT2D eigenvalue weighted by molar-refractivity contribution is 0.0692. The molecule has 0 fully saturated rings. The molecule has 1 aromatic rings. The van der Waals surface area contributed by atoms with E-state index in [-0.39, 0.29) is 11.4 Å². The highest BCUT2D eigenvalue weighted by Gasteiger charge is 2.12. The molecule has 0 unspecified atom stereocenters. The topological polar surface area (TPSA) is 91.3 Å². The van der Waals surface area contributed by atoms with Crippen molar-refractivity contribution in [2.75, 3.05) is 11.9 Å². The predicted octanol–water partition coefficient (Wildman–Crippen LogP) is 1.48. The van der Waals surface area contributed by atoms with E-state index in [9.17, 15) is 9.59 Å². The minimum atomic E-state index is -1.19. The third-order valence-corrected chi connectivity index (χ3v) is 1.81. The van der Waals surface area contributed by atoms with Crippen LogP contribution in [0.1, 0.15) is 17.4 Å². The summed E-state index contributed by atoms with van der Waals surface area (Å²) in [6.45, 7) is 5.73. The molecule has 6 heteroatoms. The molecule has 1 heterocycles. The summed E-state index contributed by atoms with van der Waals surface area (Å²) in [5.41, 5.74) is 0.752. The molecule has 0 aromatic carbocycles. The van der Waals surface area contributed by atoms with Gasteiger partial charge in [-0.3, -0.25) is 0 Å². The van der Waals surface area contributed by atoms with Gasteiger partial charge in [0.1, 0.15) is 0 Å². The first-order valence-electron chi connectivity index (χ1n) is 4.88. The molecule has 0 radical (unpaired) electrons. The lowest BCUT2D eigenvalue weighted by Gasteiger charge is -2.08. The third-order valence-electron chi connectivity index (χ3n) is 1.81. The number of nitrogens with one attached hydrogen (secondary N) is 2. The summed E-state index contributed by atoms with van der Waals surface area (Å²) in [5, 5.41) is 13.8. The fourth-order valence-corrected chi connectivity index (χ4v) is 1.07. The van der Waals surface area contributed by atoms with Crippen LogP contribution in [0.2, 0.25) is 0 Å². The number of anilines is 1. The van der Waals surface area contributed by atoms with Crippen molar-refractivity contribution in [3.63, 3.8) is 0 Å². The monoisotopic (exact) mass is 235 g/mol. The lowest BCUT2D eigenvalue weighted by Crippen LogP contribution is -2.30. The fraction of sp³-hybridized carbons (Fsp3) is 0.182. The molecule has 0 saturated carbocycles. The van der Waals surface area contributed by atoms with Crippen LogP contribution in [0.3, 0.4) is 0 Å². The number of urea groups is 1. The van der Waals surface area contributed by atoms with Crippen LogP contribution in [0.4, 0.5) is 10.5 Å². The van der Waals surface area contributed by atoms with E-state index in [1.54, 1.807) is 13.0 Å². The summed E-state index contributed by atoms with van der Waals surface area (Å²) in [4.78, 5) is 25.9. The summed E-state index contributed by atoms with van der Waals surface area (Å²) < 4.78 is 0. The molecule has 3 N–H and O–H groups in total. The molecule has 0 atom stereocenters. The van der Waals surface area contributed by atoms with Crippen LogP contribution >= 0.6 is 0 Å². The number of carbonyl (C=O) groups excluding carboxylic acids is 1. The Labute approximate surface area is 98.4 Å². The number of aromatic nitrogens is 1. The van der Waals surface area contributed by atoms with Gasteiger partial charge in [-0.25, -0.2) is 14.6 Å². The van der Waals surface area contributed by atoms with Crippen molar-refractivity contribution in [1.82, 2.24) is 10.3 Å². The summed E-state index contributed by atoms with van der Waals surface area (Å²) >= 11 is 0. The van der Waals surface area contributed by atoms with Crippen molar-refractivity contribution >= 4 is 17.7 Å². The van der Waals surface area contributed by atoms with Gasteiger partial charge in [0.05, 0.1) is 5.69 Å². The van der Waals surface area contributed by atoms with Crippen molar-refractivity contribution in [3.8, 4) is 0 Å². The normalized spacial score (nSPS) is 9.47. The molecule has 90 valence electrons. The van der Waals surface area contributed by atoms with Gasteiger partial charge in [0, 0.05) is 12.7 Å². The largest absolute Gasteiger partial charge is 0.476 e. The Morgan fingerprint density at radius 1 is 1.53 bits per heavy atom. The van der Waals surface area contributed by atoms with Crippen molar-refractivity contribution < 1.29 is 14.7 Å². The van der Waals surface area contributed by atoms with Gasteiger partial charge < -0.3 is 15.7 Å². The van der Waals surface area contributed by atoms with Crippen LogP contribution in [0.15, 0.2) is 30.5 Å². The zero-order valence-electron chi connectivity index (χ0n) is 9.36. The second kappa shape index (κ2) is 5.64. The Kier molecular flexibility index (Phi) is 4.21. The number of pyridine rings is 1. The number of carboxylic acids is 1. The maximum atomic E-state index is 11.4. The van der Waals surface area contributed by atoms with E-state index in [1.165, 1.54) is 12.3 Å². The summed E-state index contributed by atoms with van der Waals surface area (Å²) in [5.74, 6) is -1.19. The molecule has 6 nitrogen and oxygen atoms in total. The van der Waals surface area contributed by atoms with Crippen LogP contribution in [0.5, 0.6) is 0 Å². The van der Waals surface area contributed by atoms with Gasteiger partial charge in [0.2, 0.25) is 0 Å². The average Bonchev–Trinajstić information content (AvgIpc) is 2.27. The molecular formula is C11H13N3O3. The predicted molar refractivity (Wildman–Crippen MR) is 63.0 cm³/mol. The van der Waals surface area contributed by atoms with Crippen molar-refractivity contribution in [2.24, 2.45) is 0 Å². The van der Waals surface area contributed by atoms with E-state index in [2.05, 4.69) is 22.2 Å². The number of hydrogen-bond donors (Lipinski definition) is 3. The standard InChI is InChI=1S/C11H13N3O3/c1-7(2)6-13-11(17)14-8-4-3-5-12-9(8)10(15)16/h3-5H,1,6H2,2H3,(H,15,16)(H2,13,14,17). The van der Waals surface area contributed by atoms with E-state index in [4.69, 9.17) is 5.11 Å². The van der Waals surface area contributed by atoms with Crippen LogP contribution in [-0.4, -0.2) is 28.6 Å². The molecule has 0 saturated heterocycles. The lowest BCUT2D eigenvalue weighted by atomic mass is 10.3. The number of hydrogen-bond acceptors (Lipinski definition) is 3. The maximum Gasteiger partial charge on any atom is 0.356 e. The fourth-order valence-electron chi connectivity index (χ4n) is 1.07. The zero-order chi connectivity index (χ0) is 12.8. The SMILES string of the molecule is C=C(C)CNC(=O)Nc1cccnc1C(=O)O. The second-order valence-electron chi connectivity index (χ2n) is 3.47. The van der Waals surface area contributed by atoms with E-state index in [0.29, 0.717) is 6.54 Å². The quantitative estimate of drug-likeness (QED) is 0.689. The first kappa shape index (κ1) is 12.7. The first-order chi connectivity index (χ1) is 8.00. The minimum Gasteiger partial charge on any atom is -0.476 e. The summed E-state index contributed by atoms with van der Waals surface area (Å²) in [6.07, 6.45) is 1.35. The highest BCUT2D eigenvalue weighted by molar-refractivity contribution is 5.98. The van der Waals surface area contributed by atoms with Crippen LogP contribution in [0, 0.1) is 0 Å². The van der Waals surface area contributed by atoms with Crippen molar-refractivity contribution in [1.29, 1.82) is 0 Å². The molecular weight excluding hydrogens is 222 g/mol. The molecule has 0 spiro atoms. The second-order valence-corrected chi connectivity index (χ2v) is 3.47. The minimum absolute atomic E-state index is 0.152. The van der Waals surface area contributed by atoms with E-state index >= 15 is 0 Å². The van der Waals surface area contributed by atoms with Gasteiger partial charge >= 0.3 is 12.0 Å². The van der Waals surface area contributed by atoms with Gasteiger partial charge in [0.25, 0.3) is 0 Å². The number of carboxylic acid groups (broad SMARTS) is 1. The smallest absolute Gasteiger partial charge is 0.356 e. The first-order valence-corrected chi connectivity index (χ1v) is 4.88.